The van der Waals surface area contributed by atoms with Crippen molar-refractivity contribution in [2.45, 2.75) is 6.54 Å². The highest BCUT2D eigenvalue weighted by Crippen LogP contribution is 2.26. The SMILES string of the molecule is NC(=O)c1c(Nc2cccc(Cl)c2)n[nH]c1NCc1ccc(O)cc1. The number of hydrogen-bond donors (Lipinski definition) is 5. The van der Waals surface area contributed by atoms with Gasteiger partial charge in [0.1, 0.15) is 17.1 Å². The largest absolute Gasteiger partial charge is 0.508 e. The van der Waals surface area contributed by atoms with Crippen molar-refractivity contribution in [2.24, 2.45) is 5.73 Å². The van der Waals surface area contributed by atoms with Crippen LogP contribution in [0.3, 0.4) is 0 Å². The molecule has 6 N–H and O–H groups in total. The molecule has 0 atom stereocenters. The van der Waals surface area contributed by atoms with Crippen molar-refractivity contribution >= 4 is 34.8 Å². The Hall–Kier alpha value is -3.19. The maximum atomic E-state index is 11.8. The van der Waals surface area contributed by atoms with Crippen LogP contribution in [0.15, 0.2) is 48.5 Å². The van der Waals surface area contributed by atoms with E-state index in [4.69, 9.17) is 17.3 Å². The zero-order chi connectivity index (χ0) is 17.8. The molecule has 0 aliphatic rings. The number of nitrogens with two attached hydrogens (primary N) is 1. The summed E-state index contributed by atoms with van der Waals surface area (Å²) >= 11 is 5.96. The number of aromatic hydroxyl groups is 1. The van der Waals surface area contributed by atoms with Crippen LogP contribution in [0.2, 0.25) is 5.02 Å². The molecule has 0 aliphatic heterocycles. The Morgan fingerprint density at radius 2 is 2.00 bits per heavy atom. The van der Waals surface area contributed by atoms with Gasteiger partial charge in [0.15, 0.2) is 5.82 Å². The number of phenols is 1. The third-order valence-corrected chi connectivity index (χ3v) is 3.74. The predicted molar refractivity (Wildman–Crippen MR) is 97.3 cm³/mol. The fraction of sp³-hybridized carbons (Fsp3) is 0.0588. The van der Waals surface area contributed by atoms with Gasteiger partial charge in [0.25, 0.3) is 5.91 Å². The van der Waals surface area contributed by atoms with Crippen LogP contribution in [0, 0.1) is 0 Å². The third kappa shape index (κ3) is 4.02. The number of primary amides is 1. The smallest absolute Gasteiger partial charge is 0.256 e. The van der Waals surface area contributed by atoms with Gasteiger partial charge in [0, 0.05) is 17.3 Å². The number of benzene rings is 2. The number of nitrogens with one attached hydrogen (secondary N) is 3. The van der Waals surface area contributed by atoms with Crippen molar-refractivity contribution in [3.63, 3.8) is 0 Å². The quantitative estimate of drug-likeness (QED) is 0.464. The molecule has 0 fully saturated rings. The van der Waals surface area contributed by atoms with E-state index >= 15 is 0 Å². The van der Waals surface area contributed by atoms with E-state index in [9.17, 15) is 9.90 Å². The number of anilines is 3. The normalized spacial score (nSPS) is 10.4. The molecule has 25 heavy (non-hydrogen) atoms. The number of hydrogen-bond acceptors (Lipinski definition) is 5. The summed E-state index contributed by atoms with van der Waals surface area (Å²) in [5, 5.41) is 22.8. The van der Waals surface area contributed by atoms with Crippen LogP contribution in [0.5, 0.6) is 5.75 Å². The summed E-state index contributed by atoms with van der Waals surface area (Å²) in [6, 6.07) is 13.8. The predicted octanol–water partition coefficient (Wildman–Crippen LogP) is 3.22. The average Bonchev–Trinajstić information content (AvgIpc) is 2.97. The summed E-state index contributed by atoms with van der Waals surface area (Å²) < 4.78 is 0. The maximum Gasteiger partial charge on any atom is 0.256 e. The van der Waals surface area contributed by atoms with E-state index in [1.807, 2.05) is 0 Å². The Kier molecular flexibility index (Phi) is 4.76. The lowest BCUT2D eigenvalue weighted by Gasteiger charge is -2.08. The molecule has 3 rings (SSSR count). The molecule has 0 aliphatic carbocycles. The fourth-order valence-corrected chi connectivity index (χ4v) is 2.50. The Morgan fingerprint density at radius 1 is 1.24 bits per heavy atom. The second-order valence-corrected chi connectivity index (χ2v) is 5.78. The minimum absolute atomic E-state index is 0.191. The fourth-order valence-electron chi connectivity index (χ4n) is 2.31. The molecule has 0 unspecified atom stereocenters. The van der Waals surface area contributed by atoms with Crippen LogP contribution in [-0.4, -0.2) is 21.2 Å². The van der Waals surface area contributed by atoms with E-state index in [0.29, 0.717) is 28.9 Å². The van der Waals surface area contributed by atoms with E-state index < -0.39 is 5.91 Å². The van der Waals surface area contributed by atoms with Crippen molar-refractivity contribution in [3.8, 4) is 5.75 Å². The van der Waals surface area contributed by atoms with Gasteiger partial charge in [-0.25, -0.2) is 0 Å². The molecule has 0 saturated heterocycles. The average molecular weight is 358 g/mol. The van der Waals surface area contributed by atoms with E-state index in [1.54, 1.807) is 48.5 Å². The lowest BCUT2D eigenvalue weighted by Crippen LogP contribution is -2.15. The Balaban J connectivity index is 1.79. The van der Waals surface area contributed by atoms with Gasteiger partial charge < -0.3 is 21.5 Å². The van der Waals surface area contributed by atoms with Crippen molar-refractivity contribution in [2.75, 3.05) is 10.6 Å². The molecule has 3 aromatic rings. The number of aromatic amines is 1. The van der Waals surface area contributed by atoms with Crippen LogP contribution in [0.1, 0.15) is 15.9 Å². The highest BCUT2D eigenvalue weighted by molar-refractivity contribution is 6.30. The van der Waals surface area contributed by atoms with E-state index in [-0.39, 0.29) is 11.3 Å². The van der Waals surface area contributed by atoms with Crippen LogP contribution in [-0.2, 0) is 6.54 Å². The number of carbonyl (C=O) groups is 1. The van der Waals surface area contributed by atoms with Gasteiger partial charge in [-0.2, -0.15) is 5.10 Å². The number of amides is 1. The first-order valence-corrected chi connectivity index (χ1v) is 7.83. The lowest BCUT2D eigenvalue weighted by atomic mass is 10.2. The third-order valence-electron chi connectivity index (χ3n) is 3.51. The molecule has 2 aromatic carbocycles. The molecule has 1 aromatic heterocycles. The van der Waals surface area contributed by atoms with E-state index in [2.05, 4.69) is 20.8 Å². The number of halogens is 1. The van der Waals surface area contributed by atoms with Crippen molar-refractivity contribution in [1.29, 1.82) is 0 Å². The first kappa shape index (κ1) is 16.7. The van der Waals surface area contributed by atoms with Gasteiger partial charge in [-0.1, -0.05) is 29.8 Å². The zero-order valence-electron chi connectivity index (χ0n) is 13.1. The van der Waals surface area contributed by atoms with Gasteiger partial charge in [0.05, 0.1) is 0 Å². The Morgan fingerprint density at radius 3 is 2.68 bits per heavy atom. The second-order valence-electron chi connectivity index (χ2n) is 5.34. The number of nitrogens with zero attached hydrogens (tertiary/aromatic N) is 1. The molecular formula is C17H16ClN5O2. The summed E-state index contributed by atoms with van der Waals surface area (Å²) in [4.78, 5) is 11.8. The summed E-state index contributed by atoms with van der Waals surface area (Å²) in [5.74, 6) is 0.288. The van der Waals surface area contributed by atoms with Crippen LogP contribution < -0.4 is 16.4 Å². The van der Waals surface area contributed by atoms with Gasteiger partial charge in [-0.3, -0.25) is 9.89 Å². The van der Waals surface area contributed by atoms with Crippen molar-refractivity contribution in [1.82, 2.24) is 10.2 Å². The van der Waals surface area contributed by atoms with Crippen LogP contribution in [0.4, 0.5) is 17.3 Å². The van der Waals surface area contributed by atoms with Gasteiger partial charge in [-0.15, -0.1) is 0 Å². The first-order valence-electron chi connectivity index (χ1n) is 7.45. The Bertz CT molecular complexity index is 892. The number of rotatable bonds is 6. The first-order chi connectivity index (χ1) is 12.0. The molecule has 0 bridgehead atoms. The van der Waals surface area contributed by atoms with Crippen molar-refractivity contribution in [3.05, 3.63) is 64.7 Å². The molecule has 0 radical (unpaired) electrons. The number of phenolic OH excluding ortho intramolecular Hbond substituents is 1. The van der Waals surface area contributed by atoms with E-state index in [1.165, 1.54) is 0 Å². The minimum Gasteiger partial charge on any atom is -0.508 e. The van der Waals surface area contributed by atoms with E-state index in [0.717, 1.165) is 5.56 Å². The summed E-state index contributed by atoms with van der Waals surface area (Å²) in [5.41, 5.74) is 7.33. The molecule has 8 heteroatoms. The van der Waals surface area contributed by atoms with Gasteiger partial charge >= 0.3 is 0 Å². The molecular weight excluding hydrogens is 342 g/mol. The Labute approximate surface area is 148 Å². The molecule has 1 amide bonds. The summed E-state index contributed by atoms with van der Waals surface area (Å²) in [6.07, 6.45) is 0. The number of carbonyl (C=O) groups excluding carboxylic acids is 1. The lowest BCUT2D eigenvalue weighted by molar-refractivity contribution is 0.100. The molecule has 0 saturated carbocycles. The maximum absolute atomic E-state index is 11.8. The highest BCUT2D eigenvalue weighted by atomic mass is 35.5. The van der Waals surface area contributed by atoms with Crippen LogP contribution >= 0.6 is 11.6 Å². The standard InChI is InChI=1S/C17H16ClN5O2/c18-11-2-1-3-12(8-11)21-17-14(15(19)25)16(22-23-17)20-9-10-4-6-13(24)7-5-10/h1-8,24H,9H2,(H2,19,25)(H3,20,21,22,23). The molecule has 0 spiro atoms. The minimum atomic E-state index is -0.619. The molecule has 128 valence electrons. The molecule has 7 nitrogen and oxygen atoms in total. The zero-order valence-corrected chi connectivity index (χ0v) is 13.8. The number of aromatic nitrogens is 2. The topological polar surface area (TPSA) is 116 Å². The summed E-state index contributed by atoms with van der Waals surface area (Å²) in [7, 11) is 0. The highest BCUT2D eigenvalue weighted by Gasteiger charge is 2.18. The van der Waals surface area contributed by atoms with Gasteiger partial charge in [-0.05, 0) is 35.9 Å². The van der Waals surface area contributed by atoms with Gasteiger partial charge in [0.2, 0.25) is 0 Å². The second kappa shape index (κ2) is 7.14. The number of H-pyrrole nitrogens is 1. The monoisotopic (exact) mass is 357 g/mol. The molecule has 1 heterocycles. The summed E-state index contributed by atoms with van der Waals surface area (Å²) in [6.45, 7) is 0.430. The van der Waals surface area contributed by atoms with Crippen LogP contribution in [0.25, 0.3) is 0 Å². The van der Waals surface area contributed by atoms with Crippen molar-refractivity contribution < 1.29 is 9.90 Å².